The quantitative estimate of drug-likeness (QED) is 0.785. The van der Waals surface area contributed by atoms with Crippen molar-refractivity contribution in [3.05, 3.63) is 41.1 Å². The first kappa shape index (κ1) is 17.8. The van der Waals surface area contributed by atoms with Gasteiger partial charge >= 0.3 is 12.0 Å². The molecule has 6 nitrogen and oxygen atoms in total. The van der Waals surface area contributed by atoms with Gasteiger partial charge in [-0.25, -0.2) is 9.59 Å². The minimum absolute atomic E-state index is 0.347. The van der Waals surface area contributed by atoms with Crippen LogP contribution in [-0.2, 0) is 9.53 Å². The van der Waals surface area contributed by atoms with Gasteiger partial charge in [-0.05, 0) is 25.3 Å². The van der Waals surface area contributed by atoms with Gasteiger partial charge < -0.3 is 20.1 Å². The topological polar surface area (TPSA) is 76.7 Å². The molecule has 6 heteroatoms. The van der Waals surface area contributed by atoms with E-state index in [1.165, 1.54) is 0 Å². The molecule has 2 N–H and O–H groups in total. The average molecular weight is 332 g/mol. The van der Waals surface area contributed by atoms with Gasteiger partial charge in [-0.15, -0.1) is 0 Å². The summed E-state index contributed by atoms with van der Waals surface area (Å²) in [6.07, 6.45) is 0.789. The summed E-state index contributed by atoms with van der Waals surface area (Å²) in [5, 5.41) is 5.41. The Morgan fingerprint density at radius 2 is 2.00 bits per heavy atom. The van der Waals surface area contributed by atoms with Crippen LogP contribution in [0.25, 0.3) is 0 Å². The molecular weight excluding hydrogens is 308 g/mol. The van der Waals surface area contributed by atoms with Crippen molar-refractivity contribution < 1.29 is 19.1 Å². The lowest BCUT2D eigenvalue weighted by Gasteiger charge is -2.29. The van der Waals surface area contributed by atoms with Crippen molar-refractivity contribution in [2.24, 2.45) is 5.92 Å². The molecule has 0 unspecified atom stereocenters. The minimum atomic E-state index is -0.610. The number of methoxy groups -OCH3 is 1. The lowest BCUT2D eigenvalue weighted by molar-refractivity contribution is -0.139. The van der Waals surface area contributed by atoms with E-state index in [-0.39, 0.29) is 6.03 Å². The van der Waals surface area contributed by atoms with Gasteiger partial charge in [-0.1, -0.05) is 32.0 Å². The van der Waals surface area contributed by atoms with Crippen molar-refractivity contribution in [1.82, 2.24) is 10.6 Å². The van der Waals surface area contributed by atoms with E-state index < -0.39 is 12.0 Å². The van der Waals surface area contributed by atoms with Crippen LogP contribution in [0, 0.1) is 5.92 Å². The zero-order chi connectivity index (χ0) is 17.7. The Morgan fingerprint density at radius 1 is 1.29 bits per heavy atom. The molecule has 0 saturated carbocycles. The predicted octanol–water partition coefficient (Wildman–Crippen LogP) is 2.91. The van der Waals surface area contributed by atoms with E-state index in [0.29, 0.717) is 35.1 Å². The Bertz CT molecular complexity index is 652. The number of rotatable bonds is 6. The molecule has 1 aliphatic heterocycles. The number of carbonyl (C=O) groups excluding carboxylic acids is 2. The second-order valence-electron chi connectivity index (χ2n) is 6.13. The Morgan fingerprint density at radius 3 is 2.67 bits per heavy atom. The molecule has 2 rings (SSSR count). The first-order valence-electron chi connectivity index (χ1n) is 8.02. The number of hydrogen-bond donors (Lipinski definition) is 2. The van der Waals surface area contributed by atoms with Crippen LogP contribution in [0.5, 0.6) is 5.75 Å². The summed E-state index contributed by atoms with van der Waals surface area (Å²) in [6, 6.07) is 6.32. The predicted molar refractivity (Wildman–Crippen MR) is 90.5 cm³/mol. The number of para-hydroxylation sites is 1. The van der Waals surface area contributed by atoms with E-state index >= 15 is 0 Å². The molecule has 0 radical (unpaired) electrons. The summed E-state index contributed by atoms with van der Waals surface area (Å²) in [4.78, 5) is 24.4. The number of ether oxygens (including phenoxy) is 2. The normalized spacial score (nSPS) is 17.4. The zero-order valence-electron chi connectivity index (χ0n) is 14.5. The third kappa shape index (κ3) is 4.07. The van der Waals surface area contributed by atoms with Crippen LogP contribution in [0.2, 0.25) is 0 Å². The van der Waals surface area contributed by atoms with Gasteiger partial charge in [0, 0.05) is 11.3 Å². The fraction of sp³-hybridized carbons (Fsp3) is 0.444. The number of hydrogen-bond acceptors (Lipinski definition) is 4. The van der Waals surface area contributed by atoms with Crippen LogP contribution in [0.3, 0.4) is 0 Å². The molecule has 1 atom stereocenters. The monoisotopic (exact) mass is 332 g/mol. The highest BCUT2D eigenvalue weighted by atomic mass is 16.5. The standard InChI is InChI=1S/C18H24N2O4/c1-11(2)9-10-24-17(21)15-12(3)19-18(22)20-16(15)13-7-5-6-8-14(13)23-4/h5-8,11,16H,9-10H2,1-4H3,(H2,19,20,22)/t16-/m1/s1. The molecule has 2 amide bonds. The molecule has 130 valence electrons. The van der Waals surface area contributed by atoms with Gasteiger partial charge in [0.25, 0.3) is 0 Å². The third-order valence-corrected chi connectivity index (χ3v) is 3.87. The second kappa shape index (κ2) is 7.86. The second-order valence-corrected chi connectivity index (χ2v) is 6.13. The molecule has 1 aromatic carbocycles. The summed E-state index contributed by atoms with van der Waals surface area (Å²) >= 11 is 0. The number of esters is 1. The van der Waals surface area contributed by atoms with Crippen molar-refractivity contribution >= 4 is 12.0 Å². The first-order chi connectivity index (χ1) is 11.4. The van der Waals surface area contributed by atoms with Gasteiger partial charge in [0.2, 0.25) is 0 Å². The van der Waals surface area contributed by atoms with E-state index in [0.717, 1.165) is 6.42 Å². The van der Waals surface area contributed by atoms with Crippen LogP contribution in [0.4, 0.5) is 4.79 Å². The van der Waals surface area contributed by atoms with Crippen molar-refractivity contribution in [1.29, 1.82) is 0 Å². The molecule has 0 saturated heterocycles. The summed E-state index contributed by atoms with van der Waals surface area (Å²) in [6.45, 7) is 6.18. The maximum Gasteiger partial charge on any atom is 0.338 e. The van der Waals surface area contributed by atoms with Crippen molar-refractivity contribution in [2.45, 2.75) is 33.2 Å². The Labute approximate surface area is 142 Å². The van der Waals surface area contributed by atoms with Gasteiger partial charge in [0.05, 0.1) is 25.3 Å². The molecule has 0 aromatic heterocycles. The fourth-order valence-corrected chi connectivity index (χ4v) is 2.57. The highest BCUT2D eigenvalue weighted by Gasteiger charge is 2.33. The van der Waals surface area contributed by atoms with E-state index in [9.17, 15) is 9.59 Å². The summed E-state index contributed by atoms with van der Waals surface area (Å²) in [5.74, 6) is 0.614. The summed E-state index contributed by atoms with van der Waals surface area (Å²) in [5.41, 5.74) is 1.59. The molecule has 0 aliphatic carbocycles. The van der Waals surface area contributed by atoms with Gasteiger partial charge in [0.1, 0.15) is 5.75 Å². The smallest absolute Gasteiger partial charge is 0.338 e. The maximum atomic E-state index is 12.6. The highest BCUT2D eigenvalue weighted by molar-refractivity contribution is 5.95. The number of nitrogens with one attached hydrogen (secondary N) is 2. The molecule has 1 heterocycles. The maximum absolute atomic E-state index is 12.6. The number of benzene rings is 1. The Kier molecular flexibility index (Phi) is 5.84. The lowest BCUT2D eigenvalue weighted by Crippen LogP contribution is -2.45. The molecule has 1 aromatic rings. The van der Waals surface area contributed by atoms with Gasteiger partial charge in [-0.2, -0.15) is 0 Å². The Balaban J connectivity index is 2.32. The average Bonchev–Trinajstić information content (AvgIpc) is 2.53. The lowest BCUT2D eigenvalue weighted by atomic mass is 9.95. The fourth-order valence-electron chi connectivity index (χ4n) is 2.57. The number of allylic oxidation sites excluding steroid dienone is 1. The molecule has 0 spiro atoms. The molecule has 1 aliphatic rings. The van der Waals surface area contributed by atoms with Crippen LogP contribution in [-0.4, -0.2) is 25.7 Å². The van der Waals surface area contributed by atoms with Crippen LogP contribution in [0.1, 0.15) is 38.8 Å². The first-order valence-corrected chi connectivity index (χ1v) is 8.02. The minimum Gasteiger partial charge on any atom is -0.496 e. The SMILES string of the molecule is COc1ccccc1[C@H]1NC(=O)NC(C)=C1C(=O)OCCC(C)C. The van der Waals surface area contributed by atoms with E-state index in [1.54, 1.807) is 20.1 Å². The van der Waals surface area contributed by atoms with E-state index in [4.69, 9.17) is 9.47 Å². The number of carbonyl (C=O) groups is 2. The van der Waals surface area contributed by atoms with Crippen molar-refractivity contribution in [3.8, 4) is 5.75 Å². The highest BCUT2D eigenvalue weighted by Crippen LogP contribution is 2.33. The third-order valence-electron chi connectivity index (χ3n) is 3.87. The molecule has 0 fully saturated rings. The summed E-state index contributed by atoms with van der Waals surface area (Å²) in [7, 11) is 1.55. The van der Waals surface area contributed by atoms with Crippen LogP contribution in [0.15, 0.2) is 35.5 Å². The van der Waals surface area contributed by atoms with Gasteiger partial charge in [0.15, 0.2) is 0 Å². The zero-order valence-corrected chi connectivity index (χ0v) is 14.5. The summed E-state index contributed by atoms with van der Waals surface area (Å²) < 4.78 is 10.8. The molecular formula is C18H24N2O4. The Hall–Kier alpha value is -2.50. The number of urea groups is 1. The van der Waals surface area contributed by atoms with Crippen molar-refractivity contribution in [2.75, 3.05) is 13.7 Å². The van der Waals surface area contributed by atoms with Crippen LogP contribution < -0.4 is 15.4 Å². The molecule has 24 heavy (non-hydrogen) atoms. The van der Waals surface area contributed by atoms with Gasteiger partial charge in [-0.3, -0.25) is 0 Å². The van der Waals surface area contributed by atoms with Crippen LogP contribution >= 0.6 is 0 Å². The largest absolute Gasteiger partial charge is 0.496 e. The number of amides is 2. The van der Waals surface area contributed by atoms with Crippen molar-refractivity contribution in [3.63, 3.8) is 0 Å². The van der Waals surface area contributed by atoms with E-state index in [2.05, 4.69) is 24.5 Å². The van der Waals surface area contributed by atoms with E-state index in [1.807, 2.05) is 18.2 Å². The molecule has 0 bridgehead atoms.